The van der Waals surface area contributed by atoms with E-state index in [2.05, 4.69) is 4.98 Å². The van der Waals surface area contributed by atoms with Crippen LogP contribution in [0.25, 0.3) is 16.6 Å². The third-order valence-electron chi connectivity index (χ3n) is 4.19. The molecule has 0 atom stereocenters. The lowest BCUT2D eigenvalue weighted by atomic mass is 10.0. The van der Waals surface area contributed by atoms with Gasteiger partial charge >= 0.3 is 6.18 Å². The first-order valence-electron chi connectivity index (χ1n) is 8.54. The van der Waals surface area contributed by atoms with Crippen molar-refractivity contribution in [1.82, 2.24) is 9.55 Å². The number of hydrogen-bond acceptors (Lipinski definition) is 4. The van der Waals surface area contributed by atoms with Crippen LogP contribution in [0.1, 0.15) is 25.3 Å². The lowest BCUT2D eigenvalue weighted by Gasteiger charge is -2.18. The van der Waals surface area contributed by atoms with E-state index in [9.17, 15) is 22.8 Å². The number of para-hydroxylation sites is 2. The third kappa shape index (κ3) is 3.96. The predicted molar refractivity (Wildman–Crippen MR) is 103 cm³/mol. The molecular weight excluding hydrogens is 389 g/mol. The highest BCUT2D eigenvalue weighted by atomic mass is 32.2. The Labute approximate surface area is 163 Å². The minimum Gasteiger partial charge on any atom is -0.289 e. The van der Waals surface area contributed by atoms with Gasteiger partial charge < -0.3 is 0 Å². The van der Waals surface area contributed by atoms with Gasteiger partial charge in [-0.1, -0.05) is 55.9 Å². The van der Waals surface area contributed by atoms with Gasteiger partial charge in [-0.15, -0.1) is 0 Å². The first-order valence-corrected chi connectivity index (χ1v) is 9.52. The molecule has 1 aromatic heterocycles. The summed E-state index contributed by atoms with van der Waals surface area (Å²) in [6, 6.07) is 13.8. The molecule has 146 valence electrons. The van der Waals surface area contributed by atoms with Crippen molar-refractivity contribution in [1.29, 1.82) is 0 Å². The second-order valence-electron chi connectivity index (χ2n) is 6.48. The van der Waals surface area contributed by atoms with Gasteiger partial charge in [0.15, 0.2) is 5.16 Å². The standard InChI is InChI=1S/C20H17F3N2O2S/c1-12(2)13-7-4-6-10-16(13)25-18(27)14-8-3-5-9-15(14)24-19(25)28-11-17(26)20(21,22)23/h3-10,12H,11H2,1-2H3. The number of thioether (sulfide) groups is 1. The van der Waals surface area contributed by atoms with Gasteiger partial charge in [-0.05, 0) is 29.7 Å². The van der Waals surface area contributed by atoms with Crippen molar-refractivity contribution in [3.05, 3.63) is 64.4 Å². The fraction of sp³-hybridized carbons (Fsp3) is 0.250. The highest BCUT2D eigenvalue weighted by Crippen LogP contribution is 2.28. The summed E-state index contributed by atoms with van der Waals surface area (Å²) in [4.78, 5) is 28.9. The number of ketones is 1. The molecule has 3 aromatic rings. The topological polar surface area (TPSA) is 52.0 Å². The summed E-state index contributed by atoms with van der Waals surface area (Å²) in [6.45, 7) is 3.91. The highest BCUT2D eigenvalue weighted by molar-refractivity contribution is 7.99. The summed E-state index contributed by atoms with van der Waals surface area (Å²) in [5, 5.41) is 0.405. The lowest BCUT2D eigenvalue weighted by molar-refractivity contribution is -0.167. The molecule has 0 saturated heterocycles. The molecule has 0 amide bonds. The van der Waals surface area contributed by atoms with Gasteiger partial charge in [0.1, 0.15) is 0 Å². The van der Waals surface area contributed by atoms with E-state index in [0.29, 0.717) is 28.4 Å². The van der Waals surface area contributed by atoms with Gasteiger partial charge in [0.2, 0.25) is 5.78 Å². The zero-order chi connectivity index (χ0) is 20.5. The van der Waals surface area contributed by atoms with Gasteiger partial charge in [0.05, 0.1) is 22.3 Å². The molecule has 0 radical (unpaired) electrons. The first kappa shape index (κ1) is 20.1. The van der Waals surface area contributed by atoms with Crippen molar-refractivity contribution in [2.75, 3.05) is 5.75 Å². The van der Waals surface area contributed by atoms with Gasteiger partial charge in [-0.2, -0.15) is 13.2 Å². The lowest BCUT2D eigenvalue weighted by Crippen LogP contribution is -2.26. The van der Waals surface area contributed by atoms with E-state index in [0.717, 1.165) is 5.56 Å². The van der Waals surface area contributed by atoms with Gasteiger partial charge in [0, 0.05) is 0 Å². The summed E-state index contributed by atoms with van der Waals surface area (Å²) in [5.41, 5.74) is 1.38. The highest BCUT2D eigenvalue weighted by Gasteiger charge is 2.38. The van der Waals surface area contributed by atoms with Crippen LogP contribution < -0.4 is 5.56 Å². The van der Waals surface area contributed by atoms with Crippen molar-refractivity contribution in [2.24, 2.45) is 0 Å². The molecule has 0 spiro atoms. The van der Waals surface area contributed by atoms with E-state index in [1.54, 1.807) is 36.4 Å². The molecule has 2 aromatic carbocycles. The summed E-state index contributed by atoms with van der Waals surface area (Å²) in [7, 11) is 0. The average Bonchev–Trinajstić information content (AvgIpc) is 2.65. The van der Waals surface area contributed by atoms with Crippen LogP contribution in [0.3, 0.4) is 0 Å². The largest absolute Gasteiger partial charge is 0.450 e. The second-order valence-corrected chi connectivity index (χ2v) is 7.42. The Balaban J connectivity index is 2.21. The molecule has 0 aliphatic rings. The van der Waals surface area contributed by atoms with E-state index in [1.807, 2.05) is 26.0 Å². The van der Waals surface area contributed by atoms with E-state index in [1.165, 1.54) is 4.57 Å². The van der Waals surface area contributed by atoms with Gasteiger partial charge in [-0.25, -0.2) is 4.98 Å². The quantitative estimate of drug-likeness (QED) is 0.454. The third-order valence-corrected chi connectivity index (χ3v) is 5.13. The van der Waals surface area contributed by atoms with E-state index in [-0.39, 0.29) is 16.6 Å². The molecule has 0 aliphatic carbocycles. The number of rotatable bonds is 5. The summed E-state index contributed by atoms with van der Waals surface area (Å²) in [6.07, 6.45) is -4.93. The number of aromatic nitrogens is 2. The number of alkyl halides is 3. The SMILES string of the molecule is CC(C)c1ccccc1-n1c(SCC(=O)C(F)(F)F)nc2ccccc2c1=O. The number of carbonyl (C=O) groups excluding carboxylic acids is 1. The van der Waals surface area contributed by atoms with Crippen LogP contribution in [0.2, 0.25) is 0 Å². The summed E-state index contributed by atoms with van der Waals surface area (Å²) < 4.78 is 39.2. The van der Waals surface area contributed by atoms with Crippen LogP contribution in [-0.2, 0) is 4.79 Å². The van der Waals surface area contributed by atoms with Gasteiger partial charge in [0.25, 0.3) is 5.56 Å². The van der Waals surface area contributed by atoms with Crippen LogP contribution in [-0.4, -0.2) is 27.3 Å². The Kier molecular flexibility index (Phi) is 5.60. The molecule has 0 unspecified atom stereocenters. The fourth-order valence-corrected chi connectivity index (χ4v) is 3.71. The van der Waals surface area contributed by atoms with Crippen molar-refractivity contribution >= 4 is 28.4 Å². The predicted octanol–water partition coefficient (Wildman–Crippen LogP) is 4.73. The molecule has 0 saturated carbocycles. The average molecular weight is 406 g/mol. The molecule has 1 heterocycles. The molecule has 0 aliphatic heterocycles. The Bertz CT molecular complexity index is 1090. The molecule has 4 nitrogen and oxygen atoms in total. The fourth-order valence-electron chi connectivity index (χ4n) is 2.81. The molecule has 0 bridgehead atoms. The van der Waals surface area contributed by atoms with E-state index < -0.39 is 17.7 Å². The molecule has 3 rings (SSSR count). The van der Waals surface area contributed by atoms with Crippen molar-refractivity contribution in [3.8, 4) is 5.69 Å². The number of nitrogens with zero attached hydrogens (tertiary/aromatic N) is 2. The molecule has 28 heavy (non-hydrogen) atoms. The molecule has 8 heteroatoms. The van der Waals surface area contributed by atoms with Crippen molar-refractivity contribution < 1.29 is 18.0 Å². The number of hydrogen-bond donors (Lipinski definition) is 0. The van der Waals surface area contributed by atoms with Crippen LogP contribution >= 0.6 is 11.8 Å². The smallest absolute Gasteiger partial charge is 0.289 e. The maximum absolute atomic E-state index is 13.2. The zero-order valence-electron chi connectivity index (χ0n) is 15.2. The van der Waals surface area contributed by atoms with Crippen LogP contribution in [0.4, 0.5) is 13.2 Å². The molecule has 0 N–H and O–H groups in total. The molecule has 0 fully saturated rings. The number of fused-ring (bicyclic) bond motifs is 1. The van der Waals surface area contributed by atoms with Crippen LogP contribution in [0.5, 0.6) is 0 Å². The van der Waals surface area contributed by atoms with Crippen molar-refractivity contribution in [2.45, 2.75) is 31.1 Å². The number of carbonyl (C=O) groups is 1. The van der Waals surface area contributed by atoms with Crippen LogP contribution in [0.15, 0.2) is 58.5 Å². The second kappa shape index (κ2) is 7.79. The Morgan fingerprint density at radius 2 is 1.75 bits per heavy atom. The maximum atomic E-state index is 13.2. The Hall–Kier alpha value is -2.61. The minimum absolute atomic E-state index is 0.0504. The number of benzene rings is 2. The van der Waals surface area contributed by atoms with Crippen LogP contribution in [0, 0.1) is 0 Å². The van der Waals surface area contributed by atoms with Crippen molar-refractivity contribution in [3.63, 3.8) is 0 Å². The Morgan fingerprint density at radius 3 is 2.43 bits per heavy atom. The van der Waals surface area contributed by atoms with E-state index >= 15 is 0 Å². The monoisotopic (exact) mass is 406 g/mol. The first-order chi connectivity index (χ1) is 13.2. The Morgan fingerprint density at radius 1 is 1.11 bits per heavy atom. The summed E-state index contributed by atoms with van der Waals surface area (Å²) in [5.74, 6) is -2.65. The molecular formula is C20H17F3N2O2S. The normalized spacial score (nSPS) is 11.9. The minimum atomic E-state index is -4.93. The summed E-state index contributed by atoms with van der Waals surface area (Å²) >= 11 is 0.609. The van der Waals surface area contributed by atoms with E-state index in [4.69, 9.17) is 0 Å². The zero-order valence-corrected chi connectivity index (χ0v) is 16.0. The maximum Gasteiger partial charge on any atom is 0.450 e. The number of halogens is 3. The number of Topliss-reactive ketones (excluding diaryl/α,β-unsaturated/α-hetero) is 1. The van der Waals surface area contributed by atoms with Gasteiger partial charge in [-0.3, -0.25) is 14.2 Å².